The van der Waals surface area contributed by atoms with Gasteiger partial charge >= 0.3 is 12.3 Å². The predicted octanol–water partition coefficient (Wildman–Crippen LogP) is 7.38. The van der Waals surface area contributed by atoms with E-state index in [1.54, 1.807) is 0 Å². The van der Waals surface area contributed by atoms with Crippen molar-refractivity contribution in [3.8, 4) is 17.6 Å². The number of alkyl halides is 5. The molecule has 1 saturated heterocycles. The van der Waals surface area contributed by atoms with E-state index in [2.05, 4.69) is 0 Å². The monoisotopic (exact) mass is 488 g/mol. The van der Waals surface area contributed by atoms with Gasteiger partial charge in [-0.05, 0) is 80.5 Å². The van der Waals surface area contributed by atoms with Crippen LogP contribution in [0.15, 0.2) is 24.3 Å². The quantitative estimate of drug-likeness (QED) is 0.330. The second-order valence-corrected chi connectivity index (χ2v) is 8.86. The molecule has 2 aromatic carbocycles. The third kappa shape index (κ3) is 5.60. The lowest BCUT2D eigenvalue weighted by Gasteiger charge is -2.37. The fourth-order valence-corrected chi connectivity index (χ4v) is 4.82. The summed E-state index contributed by atoms with van der Waals surface area (Å²) in [5.74, 6) is -1.38. The minimum atomic E-state index is -4.92. The Bertz CT molecular complexity index is 1090. The van der Waals surface area contributed by atoms with Crippen LogP contribution >= 0.6 is 0 Å². The molecule has 9 heteroatoms. The lowest BCUT2D eigenvalue weighted by Crippen LogP contribution is -2.39. The Kier molecular flexibility index (Phi) is 6.99. The molecule has 1 saturated carbocycles. The van der Waals surface area contributed by atoms with E-state index in [-0.39, 0.29) is 41.4 Å². The summed E-state index contributed by atoms with van der Waals surface area (Å²) in [5.41, 5.74) is -1.04. The number of ether oxygens (including phenoxy) is 2. The van der Waals surface area contributed by atoms with Crippen molar-refractivity contribution in [3.05, 3.63) is 41.5 Å². The van der Waals surface area contributed by atoms with E-state index in [4.69, 9.17) is 9.47 Å². The van der Waals surface area contributed by atoms with Crippen LogP contribution < -0.4 is 4.74 Å². The fraction of sp³-hybridized carbons (Fsp3) is 0.520. The van der Waals surface area contributed by atoms with Crippen molar-refractivity contribution >= 4 is 10.8 Å². The first-order valence-electron chi connectivity index (χ1n) is 11.2. The summed E-state index contributed by atoms with van der Waals surface area (Å²) in [5, 5.41) is -0.379. The van der Waals surface area contributed by atoms with E-state index in [0.29, 0.717) is 19.4 Å². The molecule has 1 aliphatic carbocycles. The molecule has 1 unspecified atom stereocenters. The van der Waals surface area contributed by atoms with Gasteiger partial charge in [-0.3, -0.25) is 0 Å². The van der Waals surface area contributed by atoms with Gasteiger partial charge in [0, 0.05) is 17.9 Å². The first-order chi connectivity index (χ1) is 16.0. The van der Waals surface area contributed by atoms with E-state index in [9.17, 15) is 30.7 Å². The van der Waals surface area contributed by atoms with Crippen LogP contribution in [0.3, 0.4) is 0 Å². The highest BCUT2D eigenvalue weighted by molar-refractivity contribution is 5.86. The van der Waals surface area contributed by atoms with Gasteiger partial charge in [-0.15, -0.1) is 0 Å². The average molecular weight is 488 g/mol. The van der Waals surface area contributed by atoms with Gasteiger partial charge in [-0.2, -0.15) is 22.0 Å². The standard InChI is InChI=1S/C25H23F7O2/c26-21-14-16-13-18(8-9-19(16)23(27)20(21)10-11-24(28,29)30)34-25(31,32)17-6-4-15(5-7-17)22-3-1-2-12-33-22/h8-9,13-15,17,22H,1-7,12H2. The lowest BCUT2D eigenvalue weighted by molar-refractivity contribution is -0.225. The Morgan fingerprint density at radius 2 is 1.65 bits per heavy atom. The third-order valence-electron chi connectivity index (χ3n) is 6.57. The molecule has 0 radical (unpaired) electrons. The molecular weight excluding hydrogens is 465 g/mol. The van der Waals surface area contributed by atoms with Crippen LogP contribution in [0.2, 0.25) is 0 Å². The first kappa shape index (κ1) is 24.6. The van der Waals surface area contributed by atoms with E-state index < -0.39 is 35.4 Å². The largest absolute Gasteiger partial charge is 0.458 e. The number of fused-ring (bicyclic) bond motifs is 1. The summed E-state index contributed by atoms with van der Waals surface area (Å²) in [6.07, 6.45) is -3.43. The third-order valence-corrected chi connectivity index (χ3v) is 6.57. The van der Waals surface area contributed by atoms with Gasteiger partial charge in [-0.25, -0.2) is 8.78 Å². The first-order valence-corrected chi connectivity index (χ1v) is 11.2. The van der Waals surface area contributed by atoms with Crippen LogP contribution in [0.25, 0.3) is 10.8 Å². The van der Waals surface area contributed by atoms with E-state index in [1.807, 2.05) is 0 Å². The summed E-state index contributed by atoms with van der Waals surface area (Å²) < 4.78 is 106. The molecule has 2 aliphatic rings. The number of rotatable bonds is 4. The Hall–Kier alpha value is -2.47. The molecule has 4 rings (SSSR count). The van der Waals surface area contributed by atoms with Gasteiger partial charge in [0.05, 0.1) is 17.6 Å². The SMILES string of the molecule is Fc1cc2cc(OC(F)(F)C3CCC(C4CCCCO4)CC3)ccc2c(F)c1C#CC(F)(F)F. The zero-order valence-electron chi connectivity index (χ0n) is 18.2. The summed E-state index contributed by atoms with van der Waals surface area (Å²) in [7, 11) is 0. The van der Waals surface area contributed by atoms with Crippen molar-refractivity contribution in [2.24, 2.45) is 11.8 Å². The van der Waals surface area contributed by atoms with Crippen LogP contribution in [-0.2, 0) is 4.74 Å². The summed E-state index contributed by atoms with van der Waals surface area (Å²) in [6.45, 7) is 0.712. The molecule has 0 aromatic heterocycles. The minimum Gasteiger partial charge on any atom is -0.432 e. The van der Waals surface area contributed by atoms with Crippen LogP contribution in [0.4, 0.5) is 30.7 Å². The highest BCUT2D eigenvalue weighted by atomic mass is 19.4. The molecule has 2 nitrogen and oxygen atoms in total. The van der Waals surface area contributed by atoms with Gasteiger partial charge in [0.25, 0.3) is 0 Å². The van der Waals surface area contributed by atoms with Gasteiger partial charge < -0.3 is 9.47 Å². The van der Waals surface area contributed by atoms with E-state index >= 15 is 0 Å². The number of halogens is 7. The molecule has 1 aliphatic heterocycles. The van der Waals surface area contributed by atoms with Crippen molar-refractivity contribution in [1.29, 1.82) is 0 Å². The van der Waals surface area contributed by atoms with E-state index in [0.717, 1.165) is 49.4 Å². The molecule has 0 amide bonds. The maximum Gasteiger partial charge on any atom is 0.458 e. The Labute approximate surface area is 192 Å². The topological polar surface area (TPSA) is 18.5 Å². The van der Waals surface area contributed by atoms with Crippen LogP contribution in [-0.4, -0.2) is 25.0 Å². The zero-order chi connectivity index (χ0) is 24.5. The highest BCUT2D eigenvalue weighted by Gasteiger charge is 2.45. The van der Waals surface area contributed by atoms with Crippen molar-refractivity contribution in [1.82, 2.24) is 0 Å². The normalized spacial score (nSPS) is 23.9. The molecule has 2 aromatic rings. The molecule has 1 heterocycles. The summed E-state index contributed by atoms with van der Waals surface area (Å²) >= 11 is 0. The van der Waals surface area contributed by atoms with Crippen molar-refractivity contribution in [2.45, 2.75) is 63.3 Å². The number of hydrogen-bond donors (Lipinski definition) is 0. The molecule has 34 heavy (non-hydrogen) atoms. The Morgan fingerprint density at radius 1 is 0.912 bits per heavy atom. The minimum absolute atomic E-state index is 0.125. The molecule has 2 fully saturated rings. The molecule has 0 bridgehead atoms. The van der Waals surface area contributed by atoms with Gasteiger partial charge in [0.1, 0.15) is 17.4 Å². The molecule has 0 spiro atoms. The summed E-state index contributed by atoms with van der Waals surface area (Å²) in [6, 6.07) is 3.93. The zero-order valence-corrected chi connectivity index (χ0v) is 18.2. The fourth-order valence-electron chi connectivity index (χ4n) is 4.82. The van der Waals surface area contributed by atoms with Crippen molar-refractivity contribution in [2.75, 3.05) is 6.61 Å². The number of hydrogen-bond acceptors (Lipinski definition) is 2. The second kappa shape index (κ2) is 9.65. The average Bonchev–Trinajstić information content (AvgIpc) is 2.78. The molecular formula is C25H23F7O2. The second-order valence-electron chi connectivity index (χ2n) is 8.86. The molecule has 0 N–H and O–H groups in total. The van der Waals surface area contributed by atoms with Gasteiger partial charge in [0.15, 0.2) is 0 Å². The lowest BCUT2D eigenvalue weighted by atomic mass is 9.77. The van der Waals surface area contributed by atoms with Crippen molar-refractivity contribution in [3.63, 3.8) is 0 Å². The molecule has 184 valence electrons. The van der Waals surface area contributed by atoms with Crippen LogP contribution in [0, 0.1) is 35.3 Å². The summed E-state index contributed by atoms with van der Waals surface area (Å²) in [4.78, 5) is 0. The van der Waals surface area contributed by atoms with E-state index in [1.165, 1.54) is 5.92 Å². The highest BCUT2D eigenvalue weighted by Crippen LogP contribution is 2.42. The maximum atomic E-state index is 14.9. The van der Waals surface area contributed by atoms with Crippen molar-refractivity contribution < 1.29 is 40.2 Å². The van der Waals surface area contributed by atoms with Gasteiger partial charge in [-0.1, -0.05) is 5.92 Å². The van der Waals surface area contributed by atoms with Crippen LogP contribution in [0.5, 0.6) is 5.75 Å². The maximum absolute atomic E-state index is 14.9. The van der Waals surface area contributed by atoms with Gasteiger partial charge in [0.2, 0.25) is 0 Å². The molecule has 1 atom stereocenters. The Morgan fingerprint density at radius 3 is 2.29 bits per heavy atom. The smallest absolute Gasteiger partial charge is 0.432 e. The number of benzene rings is 2. The predicted molar refractivity (Wildman–Crippen MR) is 111 cm³/mol. The Balaban J connectivity index is 1.47. The van der Waals surface area contributed by atoms with Crippen LogP contribution in [0.1, 0.15) is 50.5 Å².